The summed E-state index contributed by atoms with van der Waals surface area (Å²) in [4.78, 5) is 4.96. The summed E-state index contributed by atoms with van der Waals surface area (Å²) in [6.45, 7) is 3.77. The first-order valence-electron chi connectivity index (χ1n) is 4.17. The van der Waals surface area contributed by atoms with E-state index in [0.29, 0.717) is 10.0 Å². The Bertz CT molecular complexity index is 328. The van der Waals surface area contributed by atoms with Crippen molar-refractivity contribution in [2.45, 2.75) is 20.5 Å². The van der Waals surface area contributed by atoms with E-state index in [9.17, 15) is 4.39 Å². The van der Waals surface area contributed by atoms with Gasteiger partial charge in [-0.05, 0) is 26.0 Å². The summed E-state index contributed by atoms with van der Waals surface area (Å²) in [6.07, 6.45) is 0. The Morgan fingerprint density at radius 2 is 2.21 bits per heavy atom. The van der Waals surface area contributed by atoms with Gasteiger partial charge in [-0.15, -0.1) is 0 Å². The smallest absolute Gasteiger partial charge is 0.146 e. The molecule has 0 saturated heterocycles. The second-order valence-electron chi connectivity index (χ2n) is 3.01. The van der Waals surface area contributed by atoms with Crippen LogP contribution in [0.5, 0.6) is 0 Å². The predicted molar refractivity (Wildman–Crippen MR) is 57.7 cm³/mol. The van der Waals surface area contributed by atoms with Crippen molar-refractivity contribution in [1.82, 2.24) is 0 Å². The molecule has 0 aliphatic rings. The van der Waals surface area contributed by atoms with Gasteiger partial charge >= 0.3 is 0 Å². The highest BCUT2D eigenvalue weighted by Gasteiger charge is 2.06. The minimum absolute atomic E-state index is 0.137. The van der Waals surface area contributed by atoms with E-state index in [1.165, 1.54) is 6.07 Å². The van der Waals surface area contributed by atoms with Gasteiger partial charge in [0.25, 0.3) is 0 Å². The third-order valence-electron chi connectivity index (χ3n) is 1.52. The van der Waals surface area contributed by atoms with Crippen molar-refractivity contribution in [3.63, 3.8) is 0 Å². The van der Waals surface area contributed by atoms with Gasteiger partial charge in [-0.25, -0.2) is 4.39 Å². The Labute approximate surface area is 90.9 Å². The summed E-state index contributed by atoms with van der Waals surface area (Å²) >= 11 is 3.25. The van der Waals surface area contributed by atoms with Crippen molar-refractivity contribution in [3.05, 3.63) is 34.1 Å². The van der Waals surface area contributed by atoms with Crippen LogP contribution in [0.3, 0.4) is 0 Å². The predicted octanol–water partition coefficient (Wildman–Crippen LogP) is 3.50. The highest BCUT2D eigenvalue weighted by atomic mass is 79.9. The molecule has 1 aromatic carbocycles. The zero-order valence-corrected chi connectivity index (χ0v) is 9.64. The van der Waals surface area contributed by atoms with E-state index >= 15 is 0 Å². The molecule has 0 unspecified atom stereocenters. The molecule has 1 aromatic rings. The SMILES string of the molecule is CC(C)=NOCc1c(F)cccc1Br. The lowest BCUT2D eigenvalue weighted by Gasteiger charge is -2.04. The summed E-state index contributed by atoms with van der Waals surface area (Å²) in [6, 6.07) is 4.80. The van der Waals surface area contributed by atoms with E-state index in [-0.39, 0.29) is 12.4 Å². The largest absolute Gasteiger partial charge is 0.391 e. The Morgan fingerprint density at radius 1 is 1.50 bits per heavy atom. The van der Waals surface area contributed by atoms with Gasteiger partial charge in [0.15, 0.2) is 0 Å². The summed E-state index contributed by atoms with van der Waals surface area (Å²) in [7, 11) is 0. The van der Waals surface area contributed by atoms with E-state index in [1.807, 2.05) is 13.8 Å². The molecular weight excluding hydrogens is 249 g/mol. The first-order chi connectivity index (χ1) is 6.61. The number of benzene rings is 1. The van der Waals surface area contributed by atoms with Crippen molar-refractivity contribution in [3.8, 4) is 0 Å². The average Bonchev–Trinajstić information content (AvgIpc) is 2.09. The minimum Gasteiger partial charge on any atom is -0.391 e. The van der Waals surface area contributed by atoms with Crippen LogP contribution in [0.1, 0.15) is 19.4 Å². The highest BCUT2D eigenvalue weighted by molar-refractivity contribution is 9.10. The van der Waals surface area contributed by atoms with Crippen molar-refractivity contribution in [2.24, 2.45) is 5.16 Å². The fourth-order valence-corrected chi connectivity index (χ4v) is 1.35. The molecule has 0 radical (unpaired) electrons. The molecule has 0 amide bonds. The standard InChI is InChI=1S/C10H11BrFNO/c1-7(2)13-14-6-8-9(11)4-3-5-10(8)12/h3-5H,6H2,1-2H3. The van der Waals surface area contributed by atoms with Gasteiger partial charge in [0, 0.05) is 10.0 Å². The van der Waals surface area contributed by atoms with Crippen molar-refractivity contribution < 1.29 is 9.23 Å². The number of rotatable bonds is 3. The monoisotopic (exact) mass is 259 g/mol. The Kier molecular flexibility index (Phi) is 4.07. The normalized spacial score (nSPS) is 9.71. The molecule has 4 heteroatoms. The quantitative estimate of drug-likeness (QED) is 0.602. The molecule has 14 heavy (non-hydrogen) atoms. The second-order valence-corrected chi connectivity index (χ2v) is 3.87. The zero-order chi connectivity index (χ0) is 10.6. The van der Waals surface area contributed by atoms with Crippen molar-refractivity contribution in [1.29, 1.82) is 0 Å². The van der Waals surface area contributed by atoms with E-state index in [4.69, 9.17) is 4.84 Å². The molecular formula is C10H11BrFNO. The highest BCUT2D eigenvalue weighted by Crippen LogP contribution is 2.20. The molecule has 1 rings (SSSR count). The maximum Gasteiger partial charge on any atom is 0.146 e. The number of nitrogens with zero attached hydrogens (tertiary/aromatic N) is 1. The zero-order valence-electron chi connectivity index (χ0n) is 8.05. The summed E-state index contributed by atoms with van der Waals surface area (Å²) in [5.41, 5.74) is 1.29. The second kappa shape index (κ2) is 5.10. The Balaban J connectivity index is 2.71. The van der Waals surface area contributed by atoms with Gasteiger partial charge in [-0.3, -0.25) is 0 Å². The third-order valence-corrected chi connectivity index (χ3v) is 2.26. The average molecular weight is 260 g/mol. The maximum absolute atomic E-state index is 13.2. The van der Waals surface area contributed by atoms with E-state index < -0.39 is 0 Å². The van der Waals surface area contributed by atoms with Crippen LogP contribution in [0.15, 0.2) is 27.8 Å². The molecule has 0 saturated carbocycles. The molecule has 0 fully saturated rings. The van der Waals surface area contributed by atoms with Crippen LogP contribution in [-0.2, 0) is 11.4 Å². The molecule has 0 aliphatic carbocycles. The van der Waals surface area contributed by atoms with E-state index in [0.717, 1.165) is 5.71 Å². The molecule has 0 atom stereocenters. The van der Waals surface area contributed by atoms with Crippen molar-refractivity contribution in [2.75, 3.05) is 0 Å². The van der Waals surface area contributed by atoms with Gasteiger partial charge < -0.3 is 4.84 Å². The fraction of sp³-hybridized carbons (Fsp3) is 0.300. The van der Waals surface area contributed by atoms with Crippen LogP contribution in [0.2, 0.25) is 0 Å². The summed E-state index contributed by atoms with van der Waals surface area (Å²) < 4.78 is 13.9. The Hall–Kier alpha value is -0.900. The van der Waals surface area contributed by atoms with Gasteiger partial charge in [0.1, 0.15) is 12.4 Å². The van der Waals surface area contributed by atoms with Crippen LogP contribution in [-0.4, -0.2) is 5.71 Å². The van der Waals surface area contributed by atoms with Crippen LogP contribution in [0, 0.1) is 5.82 Å². The van der Waals surface area contributed by atoms with Crippen molar-refractivity contribution >= 4 is 21.6 Å². The maximum atomic E-state index is 13.2. The molecule has 0 bridgehead atoms. The topological polar surface area (TPSA) is 21.6 Å². The van der Waals surface area contributed by atoms with Crippen LogP contribution < -0.4 is 0 Å². The lowest BCUT2D eigenvalue weighted by molar-refractivity contribution is 0.127. The lowest BCUT2D eigenvalue weighted by atomic mass is 10.2. The Morgan fingerprint density at radius 3 is 2.79 bits per heavy atom. The van der Waals surface area contributed by atoms with E-state index in [1.54, 1.807) is 12.1 Å². The molecule has 0 aliphatic heterocycles. The third kappa shape index (κ3) is 3.10. The molecule has 2 nitrogen and oxygen atoms in total. The summed E-state index contributed by atoms with van der Waals surface area (Å²) in [5.74, 6) is -0.289. The number of oxime groups is 1. The molecule has 0 spiro atoms. The molecule has 0 N–H and O–H groups in total. The van der Waals surface area contributed by atoms with Crippen LogP contribution >= 0.6 is 15.9 Å². The van der Waals surface area contributed by atoms with Crippen LogP contribution in [0.4, 0.5) is 4.39 Å². The first-order valence-corrected chi connectivity index (χ1v) is 4.96. The van der Waals surface area contributed by atoms with E-state index in [2.05, 4.69) is 21.1 Å². The fourth-order valence-electron chi connectivity index (χ4n) is 0.896. The van der Waals surface area contributed by atoms with Gasteiger partial charge in [0.05, 0.1) is 5.71 Å². The summed E-state index contributed by atoms with van der Waals surface area (Å²) in [5, 5.41) is 3.73. The number of hydrogen-bond donors (Lipinski definition) is 0. The number of halogens is 2. The van der Waals surface area contributed by atoms with Gasteiger partial charge in [-0.1, -0.05) is 27.2 Å². The van der Waals surface area contributed by atoms with Crippen LogP contribution in [0.25, 0.3) is 0 Å². The van der Waals surface area contributed by atoms with Gasteiger partial charge in [0.2, 0.25) is 0 Å². The molecule has 76 valence electrons. The molecule has 0 aromatic heterocycles. The van der Waals surface area contributed by atoms with Gasteiger partial charge in [-0.2, -0.15) is 0 Å². The minimum atomic E-state index is -0.289. The molecule has 0 heterocycles. The first kappa shape index (κ1) is 11.2. The number of hydrogen-bond acceptors (Lipinski definition) is 2. The lowest BCUT2D eigenvalue weighted by Crippen LogP contribution is -1.94.